The van der Waals surface area contributed by atoms with E-state index >= 15 is 0 Å². The fourth-order valence-corrected chi connectivity index (χ4v) is 3.62. The lowest BCUT2D eigenvalue weighted by atomic mass is 10.1. The van der Waals surface area contributed by atoms with E-state index in [9.17, 15) is 22.8 Å². The standard InChI is InChI=1S/C17H12Br2F3NO3/c1-9-6-12(18)15(13(19)7-9)23-14(24)8-26-16(25)10-2-4-11(5-3-10)17(20,21)22/h2-7H,8H2,1H3,(H,23,24). The summed E-state index contributed by atoms with van der Waals surface area (Å²) in [4.78, 5) is 23.8. The van der Waals surface area contributed by atoms with E-state index in [4.69, 9.17) is 4.74 Å². The number of carbonyl (C=O) groups excluding carboxylic acids is 2. The first-order valence-electron chi connectivity index (χ1n) is 7.18. The van der Waals surface area contributed by atoms with E-state index in [0.29, 0.717) is 14.6 Å². The highest BCUT2D eigenvalue weighted by Crippen LogP contribution is 2.32. The lowest BCUT2D eigenvalue weighted by Gasteiger charge is -2.11. The molecule has 0 spiro atoms. The molecule has 2 aromatic rings. The van der Waals surface area contributed by atoms with Gasteiger partial charge in [0.05, 0.1) is 16.8 Å². The highest BCUT2D eigenvalue weighted by Gasteiger charge is 2.30. The van der Waals surface area contributed by atoms with Crippen LogP contribution in [0.2, 0.25) is 0 Å². The minimum Gasteiger partial charge on any atom is -0.452 e. The van der Waals surface area contributed by atoms with Crippen LogP contribution in [0.25, 0.3) is 0 Å². The van der Waals surface area contributed by atoms with Gasteiger partial charge in [-0.25, -0.2) is 4.79 Å². The van der Waals surface area contributed by atoms with Crippen molar-refractivity contribution in [3.05, 3.63) is 62.0 Å². The molecule has 1 N–H and O–H groups in total. The lowest BCUT2D eigenvalue weighted by molar-refractivity contribution is -0.137. The van der Waals surface area contributed by atoms with Gasteiger partial charge in [-0.2, -0.15) is 13.2 Å². The van der Waals surface area contributed by atoms with Gasteiger partial charge in [0, 0.05) is 8.95 Å². The Balaban J connectivity index is 1.96. The Bertz CT molecular complexity index is 813. The van der Waals surface area contributed by atoms with Crippen LogP contribution in [0.4, 0.5) is 18.9 Å². The zero-order chi connectivity index (χ0) is 19.5. The summed E-state index contributed by atoms with van der Waals surface area (Å²) < 4.78 is 43.6. The van der Waals surface area contributed by atoms with Crippen molar-refractivity contribution in [1.29, 1.82) is 0 Å². The van der Waals surface area contributed by atoms with Gasteiger partial charge in [-0.3, -0.25) is 4.79 Å². The van der Waals surface area contributed by atoms with Gasteiger partial charge in [0.25, 0.3) is 5.91 Å². The van der Waals surface area contributed by atoms with E-state index in [1.165, 1.54) is 0 Å². The summed E-state index contributed by atoms with van der Waals surface area (Å²) >= 11 is 6.64. The number of halogens is 5. The molecule has 0 aliphatic carbocycles. The predicted octanol–water partition coefficient (Wildman–Crippen LogP) is 5.33. The summed E-state index contributed by atoms with van der Waals surface area (Å²) in [6.07, 6.45) is -4.49. The third kappa shape index (κ3) is 5.31. The van der Waals surface area contributed by atoms with Crippen LogP contribution in [0.3, 0.4) is 0 Å². The first kappa shape index (κ1) is 20.4. The van der Waals surface area contributed by atoms with Crippen molar-refractivity contribution in [1.82, 2.24) is 0 Å². The second-order valence-corrected chi connectivity index (χ2v) is 7.01. The van der Waals surface area contributed by atoms with Crippen molar-refractivity contribution < 1.29 is 27.5 Å². The van der Waals surface area contributed by atoms with E-state index in [1.54, 1.807) is 12.1 Å². The quantitative estimate of drug-likeness (QED) is 0.584. The number of benzene rings is 2. The number of nitrogens with one attached hydrogen (secondary N) is 1. The Morgan fingerprint density at radius 2 is 1.62 bits per heavy atom. The molecule has 0 atom stereocenters. The van der Waals surface area contributed by atoms with Gasteiger partial charge in [-0.05, 0) is 80.7 Å². The summed E-state index contributed by atoms with van der Waals surface area (Å²) in [5.74, 6) is -1.48. The van der Waals surface area contributed by atoms with Gasteiger partial charge in [0.2, 0.25) is 0 Å². The van der Waals surface area contributed by atoms with Crippen molar-refractivity contribution >= 4 is 49.4 Å². The Hall–Kier alpha value is -1.87. The number of hydrogen-bond donors (Lipinski definition) is 1. The number of aryl methyl sites for hydroxylation is 1. The number of hydrogen-bond acceptors (Lipinski definition) is 3. The van der Waals surface area contributed by atoms with Gasteiger partial charge in [-0.1, -0.05) is 0 Å². The largest absolute Gasteiger partial charge is 0.452 e. The van der Waals surface area contributed by atoms with E-state index in [1.807, 2.05) is 6.92 Å². The summed E-state index contributed by atoms with van der Waals surface area (Å²) in [6, 6.07) is 7.14. The van der Waals surface area contributed by atoms with Crippen LogP contribution >= 0.6 is 31.9 Å². The first-order chi connectivity index (χ1) is 12.1. The number of amides is 1. The molecule has 9 heteroatoms. The van der Waals surface area contributed by atoms with Gasteiger partial charge < -0.3 is 10.1 Å². The van der Waals surface area contributed by atoms with Crippen LogP contribution in [0.5, 0.6) is 0 Å². The monoisotopic (exact) mass is 493 g/mol. The van der Waals surface area contributed by atoms with Crippen LogP contribution in [0.1, 0.15) is 21.5 Å². The molecule has 0 aliphatic heterocycles. The smallest absolute Gasteiger partial charge is 0.416 e. The molecule has 2 aromatic carbocycles. The third-order valence-electron chi connectivity index (χ3n) is 3.23. The summed E-state index contributed by atoms with van der Waals surface area (Å²) in [5.41, 5.74) is 0.492. The van der Waals surface area contributed by atoms with Crippen molar-refractivity contribution in [2.75, 3.05) is 11.9 Å². The Labute approximate surface area is 164 Å². The normalized spacial score (nSPS) is 11.2. The van der Waals surface area contributed by atoms with Gasteiger partial charge in [0.15, 0.2) is 6.61 Å². The highest BCUT2D eigenvalue weighted by atomic mass is 79.9. The molecule has 2 rings (SSSR count). The molecule has 0 aliphatic rings. The topological polar surface area (TPSA) is 55.4 Å². The van der Waals surface area contributed by atoms with Crippen molar-refractivity contribution in [3.63, 3.8) is 0 Å². The molecule has 1 amide bonds. The summed E-state index contributed by atoms with van der Waals surface area (Å²) in [7, 11) is 0. The average Bonchev–Trinajstić information content (AvgIpc) is 2.55. The molecule has 0 heterocycles. The maximum Gasteiger partial charge on any atom is 0.416 e. The Kier molecular flexibility index (Phi) is 6.46. The van der Waals surface area contributed by atoms with Crippen LogP contribution in [-0.2, 0) is 15.7 Å². The second kappa shape index (κ2) is 8.22. The van der Waals surface area contributed by atoms with Crippen LogP contribution in [-0.4, -0.2) is 18.5 Å². The SMILES string of the molecule is Cc1cc(Br)c(NC(=O)COC(=O)c2ccc(C(F)(F)F)cc2)c(Br)c1. The van der Waals surface area contributed by atoms with Crippen LogP contribution in [0.15, 0.2) is 45.3 Å². The summed E-state index contributed by atoms with van der Waals surface area (Å²) in [6.45, 7) is 1.31. The molecule has 0 radical (unpaired) electrons. The Morgan fingerprint density at radius 3 is 2.12 bits per heavy atom. The molecule has 0 bridgehead atoms. The molecule has 4 nitrogen and oxygen atoms in total. The molecule has 0 saturated heterocycles. The molecular formula is C17H12Br2F3NO3. The number of rotatable bonds is 4. The number of alkyl halides is 3. The average molecular weight is 495 g/mol. The second-order valence-electron chi connectivity index (χ2n) is 5.30. The number of ether oxygens (including phenoxy) is 1. The molecule has 0 fully saturated rings. The highest BCUT2D eigenvalue weighted by molar-refractivity contribution is 9.11. The Morgan fingerprint density at radius 1 is 1.08 bits per heavy atom. The van der Waals surface area contributed by atoms with E-state index < -0.39 is 30.2 Å². The molecular weight excluding hydrogens is 483 g/mol. The minimum absolute atomic E-state index is 0.0801. The minimum atomic E-state index is -4.49. The zero-order valence-electron chi connectivity index (χ0n) is 13.3. The van der Waals surface area contributed by atoms with E-state index in [2.05, 4.69) is 37.2 Å². The molecule has 0 saturated carbocycles. The number of carbonyl (C=O) groups is 2. The molecule has 138 valence electrons. The third-order valence-corrected chi connectivity index (χ3v) is 4.48. The first-order valence-corrected chi connectivity index (χ1v) is 8.76. The maximum absolute atomic E-state index is 12.5. The van der Waals surface area contributed by atoms with Gasteiger partial charge in [0.1, 0.15) is 0 Å². The van der Waals surface area contributed by atoms with Crippen molar-refractivity contribution in [2.45, 2.75) is 13.1 Å². The van der Waals surface area contributed by atoms with Crippen molar-refractivity contribution in [2.24, 2.45) is 0 Å². The molecule has 0 unspecified atom stereocenters. The molecule has 26 heavy (non-hydrogen) atoms. The maximum atomic E-state index is 12.5. The van der Waals surface area contributed by atoms with Crippen LogP contribution < -0.4 is 5.32 Å². The summed E-state index contributed by atoms with van der Waals surface area (Å²) in [5, 5.41) is 2.58. The van der Waals surface area contributed by atoms with E-state index in [-0.39, 0.29) is 5.56 Å². The zero-order valence-corrected chi connectivity index (χ0v) is 16.5. The molecule has 0 aromatic heterocycles. The van der Waals surface area contributed by atoms with Gasteiger partial charge >= 0.3 is 12.1 Å². The number of anilines is 1. The fraction of sp³-hybridized carbons (Fsp3) is 0.176. The van der Waals surface area contributed by atoms with Gasteiger partial charge in [-0.15, -0.1) is 0 Å². The van der Waals surface area contributed by atoms with Crippen LogP contribution in [0, 0.1) is 6.92 Å². The predicted molar refractivity (Wildman–Crippen MR) is 96.9 cm³/mol. The van der Waals surface area contributed by atoms with E-state index in [0.717, 1.165) is 29.8 Å². The lowest BCUT2D eigenvalue weighted by Crippen LogP contribution is -2.21. The van der Waals surface area contributed by atoms with Crippen molar-refractivity contribution in [3.8, 4) is 0 Å². The fourth-order valence-electron chi connectivity index (χ4n) is 2.00. The number of esters is 1.